The number of carbonyl (C=O) groups excluding carboxylic acids is 1. The van der Waals surface area contributed by atoms with Crippen LogP contribution in [0, 0.1) is 11.7 Å². The predicted octanol–water partition coefficient (Wildman–Crippen LogP) is 4.38. The summed E-state index contributed by atoms with van der Waals surface area (Å²) in [5.41, 5.74) is 8.42. The van der Waals surface area contributed by atoms with Gasteiger partial charge in [0, 0.05) is 22.5 Å². The lowest BCUT2D eigenvalue weighted by Crippen LogP contribution is -2.41. The van der Waals surface area contributed by atoms with Gasteiger partial charge >= 0.3 is 0 Å². The van der Waals surface area contributed by atoms with E-state index in [0.717, 1.165) is 25.7 Å². The average molecular weight is 371 g/mol. The topological polar surface area (TPSA) is 111 Å². The van der Waals surface area contributed by atoms with Gasteiger partial charge < -0.3 is 10.4 Å². The molecular weight excluding hydrogens is 349 g/mol. The molecule has 0 saturated heterocycles. The molecule has 1 heterocycles. The van der Waals surface area contributed by atoms with Crippen LogP contribution in [0.15, 0.2) is 29.5 Å². The first-order valence-electron chi connectivity index (χ1n) is 8.95. The molecule has 3 rings (SSSR count). The number of benzene rings is 1. The van der Waals surface area contributed by atoms with Crippen molar-refractivity contribution in [1.82, 2.24) is 10.3 Å². The van der Waals surface area contributed by atoms with E-state index in [4.69, 9.17) is 5.53 Å². The monoisotopic (exact) mass is 371 g/mol. The highest BCUT2D eigenvalue weighted by Gasteiger charge is 2.31. The van der Waals surface area contributed by atoms with Crippen molar-refractivity contribution < 1.29 is 14.3 Å². The summed E-state index contributed by atoms with van der Waals surface area (Å²) in [4.78, 5) is 19.3. The Hall–Kier alpha value is -2.70. The van der Waals surface area contributed by atoms with Crippen molar-refractivity contribution >= 4 is 22.5 Å². The van der Waals surface area contributed by atoms with Gasteiger partial charge in [-0.05, 0) is 69.2 Å². The molecule has 1 amide bonds. The minimum absolute atomic E-state index is 0.0517. The van der Waals surface area contributed by atoms with E-state index in [0.29, 0.717) is 16.5 Å². The summed E-state index contributed by atoms with van der Waals surface area (Å²) < 4.78 is 13.9. The van der Waals surface area contributed by atoms with E-state index >= 15 is 0 Å². The largest absolute Gasteiger partial charge is 0.390 e. The van der Waals surface area contributed by atoms with Crippen LogP contribution in [0.5, 0.6) is 0 Å². The van der Waals surface area contributed by atoms with Gasteiger partial charge in [-0.1, -0.05) is 5.11 Å². The molecule has 0 atom stereocenters. The van der Waals surface area contributed by atoms with Crippen molar-refractivity contribution in [3.05, 3.63) is 46.2 Å². The van der Waals surface area contributed by atoms with Gasteiger partial charge in [-0.15, -0.1) is 0 Å². The Morgan fingerprint density at radius 1 is 1.33 bits per heavy atom. The average Bonchev–Trinajstić information content (AvgIpc) is 2.62. The summed E-state index contributed by atoms with van der Waals surface area (Å²) in [5, 5.41) is 16.9. The summed E-state index contributed by atoms with van der Waals surface area (Å²) in [6.07, 6.45) is 4.77. The molecule has 1 aromatic heterocycles. The molecule has 1 fully saturated rings. The molecule has 8 heteroatoms. The Morgan fingerprint density at radius 3 is 2.67 bits per heavy atom. The molecule has 27 heavy (non-hydrogen) atoms. The van der Waals surface area contributed by atoms with Gasteiger partial charge in [0.2, 0.25) is 0 Å². The number of rotatable bonds is 4. The summed E-state index contributed by atoms with van der Waals surface area (Å²) >= 11 is 0. The van der Waals surface area contributed by atoms with E-state index in [9.17, 15) is 14.3 Å². The van der Waals surface area contributed by atoms with Gasteiger partial charge in [0.15, 0.2) is 0 Å². The Labute approximate surface area is 156 Å². The first-order chi connectivity index (χ1) is 12.8. The van der Waals surface area contributed by atoms with Crippen molar-refractivity contribution in [1.29, 1.82) is 0 Å². The highest BCUT2D eigenvalue weighted by Crippen LogP contribution is 2.32. The molecule has 1 aliphatic rings. The summed E-state index contributed by atoms with van der Waals surface area (Å²) in [6.45, 7) is 3.65. The number of halogens is 1. The number of hydrogen-bond donors (Lipinski definition) is 2. The maximum atomic E-state index is 13.9. The second-order valence-corrected chi connectivity index (χ2v) is 7.59. The van der Waals surface area contributed by atoms with Crippen molar-refractivity contribution in [2.24, 2.45) is 11.0 Å². The van der Waals surface area contributed by atoms with Crippen LogP contribution >= 0.6 is 0 Å². The van der Waals surface area contributed by atoms with Gasteiger partial charge in [-0.3, -0.25) is 9.78 Å². The van der Waals surface area contributed by atoms with Crippen LogP contribution in [0.1, 0.15) is 49.9 Å². The number of aliphatic hydroxyl groups is 1. The molecule has 0 bridgehead atoms. The van der Waals surface area contributed by atoms with Crippen LogP contribution in [-0.4, -0.2) is 27.6 Å². The van der Waals surface area contributed by atoms with Gasteiger partial charge in [-0.2, -0.15) is 0 Å². The summed E-state index contributed by atoms with van der Waals surface area (Å²) in [6, 6.07) is 4.18. The van der Waals surface area contributed by atoms with Crippen LogP contribution in [0.3, 0.4) is 0 Å². The normalized spacial score (nSPS) is 20.1. The van der Waals surface area contributed by atoms with E-state index < -0.39 is 11.4 Å². The molecule has 1 aliphatic carbocycles. The number of azide groups is 1. The van der Waals surface area contributed by atoms with Crippen LogP contribution in [0.4, 0.5) is 10.1 Å². The maximum absolute atomic E-state index is 13.9. The molecule has 1 saturated carbocycles. The molecule has 0 unspecified atom stereocenters. The lowest BCUT2D eigenvalue weighted by atomic mass is 9.77. The zero-order valence-electron chi connectivity index (χ0n) is 15.3. The molecule has 0 radical (unpaired) electrons. The van der Waals surface area contributed by atoms with Crippen molar-refractivity contribution in [2.75, 3.05) is 0 Å². The lowest BCUT2D eigenvalue weighted by molar-refractivity contribution is -0.00257. The van der Waals surface area contributed by atoms with E-state index in [1.807, 2.05) is 13.8 Å². The first-order valence-corrected chi connectivity index (χ1v) is 8.95. The number of hydrogen-bond acceptors (Lipinski definition) is 4. The fourth-order valence-corrected chi connectivity index (χ4v) is 3.60. The maximum Gasteiger partial charge on any atom is 0.253 e. The summed E-state index contributed by atoms with van der Waals surface area (Å²) in [5.74, 6) is -0.679. The van der Waals surface area contributed by atoms with E-state index in [-0.39, 0.29) is 23.6 Å². The van der Waals surface area contributed by atoms with Gasteiger partial charge in [0.1, 0.15) is 5.82 Å². The third-order valence-corrected chi connectivity index (χ3v) is 5.23. The van der Waals surface area contributed by atoms with E-state index in [1.54, 1.807) is 6.07 Å². The molecule has 0 aliphatic heterocycles. The standard InChI is InChI=1S/C19H22FN5O2/c1-19(2,27)13-3-5-14(6-4-13)23-18(26)12-7-11-8-15(20)17(24-25-21)9-16(11)22-10-12/h7-10,13-14,27H,3-6H2,1-2H3,(H,23,26). The van der Waals surface area contributed by atoms with Crippen LogP contribution in [0.25, 0.3) is 21.3 Å². The van der Waals surface area contributed by atoms with Crippen LogP contribution in [-0.2, 0) is 0 Å². The molecule has 0 spiro atoms. The molecule has 142 valence electrons. The Bertz CT molecular complexity index is 910. The van der Waals surface area contributed by atoms with Crippen molar-refractivity contribution in [3.8, 4) is 0 Å². The highest BCUT2D eigenvalue weighted by molar-refractivity contribution is 5.97. The van der Waals surface area contributed by atoms with Crippen molar-refractivity contribution in [2.45, 2.75) is 51.2 Å². The van der Waals surface area contributed by atoms with Crippen LogP contribution < -0.4 is 5.32 Å². The zero-order chi connectivity index (χ0) is 19.6. The predicted molar refractivity (Wildman–Crippen MR) is 100 cm³/mol. The number of fused-ring (bicyclic) bond motifs is 1. The molecule has 2 N–H and O–H groups in total. The van der Waals surface area contributed by atoms with Gasteiger partial charge in [0.25, 0.3) is 5.91 Å². The number of amides is 1. The second-order valence-electron chi connectivity index (χ2n) is 7.59. The molecular formula is C19H22FN5O2. The Morgan fingerprint density at radius 2 is 2.04 bits per heavy atom. The van der Waals surface area contributed by atoms with Crippen molar-refractivity contribution in [3.63, 3.8) is 0 Å². The zero-order valence-corrected chi connectivity index (χ0v) is 15.3. The van der Waals surface area contributed by atoms with E-state index in [1.165, 1.54) is 18.3 Å². The second kappa shape index (κ2) is 7.50. The third kappa shape index (κ3) is 4.35. The quantitative estimate of drug-likeness (QED) is 0.473. The van der Waals surface area contributed by atoms with Crippen LogP contribution in [0.2, 0.25) is 0 Å². The van der Waals surface area contributed by atoms with Gasteiger partial charge in [0.05, 0.1) is 22.4 Å². The molecule has 2 aromatic rings. The fourth-order valence-electron chi connectivity index (χ4n) is 3.60. The smallest absolute Gasteiger partial charge is 0.253 e. The summed E-state index contributed by atoms with van der Waals surface area (Å²) in [7, 11) is 0. The fraction of sp³-hybridized carbons (Fsp3) is 0.474. The molecule has 1 aromatic carbocycles. The minimum Gasteiger partial charge on any atom is -0.390 e. The highest BCUT2D eigenvalue weighted by atomic mass is 19.1. The number of aromatic nitrogens is 1. The van der Waals surface area contributed by atoms with E-state index in [2.05, 4.69) is 20.3 Å². The molecule has 7 nitrogen and oxygen atoms in total. The number of carbonyl (C=O) groups is 1. The number of pyridine rings is 1. The Kier molecular flexibility index (Phi) is 5.30. The lowest BCUT2D eigenvalue weighted by Gasteiger charge is -2.36. The SMILES string of the molecule is CC(C)(O)C1CCC(NC(=O)c2cnc3cc(N=[N+]=[N-])c(F)cc3c2)CC1. The third-order valence-electron chi connectivity index (χ3n) is 5.23. The minimum atomic E-state index is -0.699. The Balaban J connectivity index is 1.71. The number of nitrogens with zero attached hydrogens (tertiary/aromatic N) is 4. The first kappa shape index (κ1) is 19.1. The van der Waals surface area contributed by atoms with Gasteiger partial charge in [-0.25, -0.2) is 4.39 Å². The number of nitrogens with one attached hydrogen (secondary N) is 1.